The lowest BCUT2D eigenvalue weighted by Gasteiger charge is -2.26. The number of nitrogens with one attached hydrogen (secondary N) is 1. The zero-order chi connectivity index (χ0) is 13.4. The Hall–Kier alpha value is -1.84. The van der Waals surface area contributed by atoms with Crippen LogP contribution in [0.1, 0.15) is 36.2 Å². The number of halogens is 1. The first-order valence-corrected chi connectivity index (χ1v) is 6.78. The highest BCUT2D eigenvalue weighted by Crippen LogP contribution is 2.33. The van der Waals surface area contributed by atoms with Crippen LogP contribution in [-0.4, -0.2) is 16.3 Å². The molecule has 2 heterocycles. The summed E-state index contributed by atoms with van der Waals surface area (Å²) in [6.07, 6.45) is 1.76. The number of benzene rings is 1. The largest absolute Gasteiger partial charge is 0.370 e. The summed E-state index contributed by atoms with van der Waals surface area (Å²) < 4.78 is 16.0. The second-order valence-corrected chi connectivity index (χ2v) is 4.97. The van der Waals surface area contributed by atoms with Gasteiger partial charge in [0, 0.05) is 17.7 Å². The van der Waals surface area contributed by atoms with Gasteiger partial charge in [-0.05, 0) is 25.8 Å². The normalized spacial score (nSPS) is 17.9. The van der Waals surface area contributed by atoms with Crippen molar-refractivity contribution in [3.8, 4) is 0 Å². The summed E-state index contributed by atoms with van der Waals surface area (Å²) in [6, 6.07) is 6.99. The molecule has 0 aliphatic carbocycles. The first-order valence-electron chi connectivity index (χ1n) is 6.78. The lowest BCUT2D eigenvalue weighted by atomic mass is 10.0. The number of rotatable bonds is 2. The fourth-order valence-electron chi connectivity index (χ4n) is 2.82. The molecule has 1 aliphatic heterocycles. The Labute approximate surface area is 112 Å². The molecule has 0 spiro atoms. The molecule has 1 aromatic heterocycles. The minimum absolute atomic E-state index is 0.00329. The van der Waals surface area contributed by atoms with Crippen LogP contribution in [0.4, 0.5) is 10.2 Å². The topological polar surface area (TPSA) is 29.9 Å². The summed E-state index contributed by atoms with van der Waals surface area (Å²) >= 11 is 0. The number of nitrogens with zero attached hydrogens (tertiary/aromatic N) is 2. The third-order valence-electron chi connectivity index (χ3n) is 3.85. The predicted octanol–water partition coefficient (Wildman–Crippen LogP) is 3.30. The minimum Gasteiger partial charge on any atom is -0.370 e. The number of hydrogen-bond donors (Lipinski definition) is 1. The summed E-state index contributed by atoms with van der Waals surface area (Å²) in [5, 5.41) is 8.04. The van der Waals surface area contributed by atoms with E-state index in [0.29, 0.717) is 0 Å². The summed E-state index contributed by atoms with van der Waals surface area (Å²) in [6.45, 7) is 5.03. The van der Waals surface area contributed by atoms with E-state index >= 15 is 0 Å². The molecule has 1 unspecified atom stereocenters. The number of hydrogen-bond acceptors (Lipinski definition) is 2. The summed E-state index contributed by atoms with van der Waals surface area (Å²) in [4.78, 5) is 0. The van der Waals surface area contributed by atoms with Gasteiger partial charge < -0.3 is 5.32 Å². The molecule has 100 valence electrons. The summed E-state index contributed by atoms with van der Waals surface area (Å²) in [7, 11) is 0. The molecule has 0 radical (unpaired) electrons. The second-order valence-electron chi connectivity index (χ2n) is 4.97. The smallest absolute Gasteiger partial charge is 0.128 e. The molecule has 1 aliphatic rings. The number of aromatic nitrogens is 2. The zero-order valence-corrected chi connectivity index (χ0v) is 11.3. The molecule has 0 bridgehead atoms. The van der Waals surface area contributed by atoms with Crippen LogP contribution in [-0.2, 0) is 6.42 Å². The van der Waals surface area contributed by atoms with Crippen LogP contribution < -0.4 is 5.32 Å². The molecule has 2 aromatic rings. The van der Waals surface area contributed by atoms with E-state index in [1.807, 2.05) is 16.8 Å². The van der Waals surface area contributed by atoms with Crippen molar-refractivity contribution in [2.45, 2.75) is 32.7 Å². The van der Waals surface area contributed by atoms with Gasteiger partial charge in [-0.3, -0.25) is 0 Å². The van der Waals surface area contributed by atoms with Crippen LogP contribution in [0.25, 0.3) is 0 Å². The van der Waals surface area contributed by atoms with Gasteiger partial charge in [0.05, 0.1) is 11.7 Å². The van der Waals surface area contributed by atoms with Gasteiger partial charge in [0.1, 0.15) is 11.6 Å². The third kappa shape index (κ3) is 1.91. The first kappa shape index (κ1) is 12.2. The van der Waals surface area contributed by atoms with Gasteiger partial charge in [-0.15, -0.1) is 0 Å². The second kappa shape index (κ2) is 4.68. The van der Waals surface area contributed by atoms with Gasteiger partial charge in [-0.1, -0.05) is 25.1 Å². The third-order valence-corrected chi connectivity index (χ3v) is 3.85. The van der Waals surface area contributed by atoms with Gasteiger partial charge in [0.25, 0.3) is 0 Å². The average Bonchev–Trinajstić information content (AvgIpc) is 2.76. The summed E-state index contributed by atoms with van der Waals surface area (Å²) in [5.74, 6) is 0.892. The lowest BCUT2D eigenvalue weighted by molar-refractivity contribution is 0.456. The molecule has 0 saturated carbocycles. The van der Waals surface area contributed by atoms with Crippen molar-refractivity contribution >= 4 is 5.82 Å². The van der Waals surface area contributed by atoms with E-state index in [0.717, 1.165) is 36.5 Å². The fraction of sp³-hybridized carbons (Fsp3) is 0.400. The maximum Gasteiger partial charge on any atom is 0.128 e. The first-order chi connectivity index (χ1) is 9.22. The molecule has 3 rings (SSSR count). The van der Waals surface area contributed by atoms with Crippen LogP contribution in [0.3, 0.4) is 0 Å². The van der Waals surface area contributed by atoms with Gasteiger partial charge in [-0.25, -0.2) is 9.07 Å². The molecule has 1 aromatic carbocycles. The Kier molecular flexibility index (Phi) is 3.01. The fourth-order valence-corrected chi connectivity index (χ4v) is 2.82. The predicted molar refractivity (Wildman–Crippen MR) is 74.0 cm³/mol. The van der Waals surface area contributed by atoms with Gasteiger partial charge >= 0.3 is 0 Å². The molecule has 4 heteroatoms. The Morgan fingerprint density at radius 2 is 2.21 bits per heavy atom. The van der Waals surface area contributed by atoms with Crippen LogP contribution in [0, 0.1) is 12.7 Å². The molecule has 0 amide bonds. The van der Waals surface area contributed by atoms with Crippen LogP contribution in [0.5, 0.6) is 0 Å². The SMILES string of the molecule is CCc1nn2c(c1C)NCCC2c1ccccc1F. The molecule has 3 nitrogen and oxygen atoms in total. The molecule has 19 heavy (non-hydrogen) atoms. The van der Waals surface area contributed by atoms with Crippen molar-refractivity contribution in [1.82, 2.24) is 9.78 Å². The zero-order valence-electron chi connectivity index (χ0n) is 11.3. The highest BCUT2D eigenvalue weighted by molar-refractivity contribution is 5.49. The quantitative estimate of drug-likeness (QED) is 0.896. The number of aryl methyl sites for hydroxylation is 1. The van der Waals surface area contributed by atoms with E-state index in [-0.39, 0.29) is 11.9 Å². The Morgan fingerprint density at radius 1 is 1.42 bits per heavy atom. The molecule has 1 N–H and O–H groups in total. The molecule has 1 atom stereocenters. The van der Waals surface area contributed by atoms with Crippen LogP contribution in [0.2, 0.25) is 0 Å². The molecular weight excluding hydrogens is 241 g/mol. The maximum atomic E-state index is 14.0. The van der Waals surface area contributed by atoms with E-state index < -0.39 is 0 Å². The van der Waals surface area contributed by atoms with E-state index in [1.54, 1.807) is 6.07 Å². The lowest BCUT2D eigenvalue weighted by Crippen LogP contribution is -2.25. The highest BCUT2D eigenvalue weighted by atomic mass is 19.1. The Balaban J connectivity index is 2.11. The van der Waals surface area contributed by atoms with Crippen molar-refractivity contribution in [3.05, 3.63) is 46.9 Å². The summed E-state index contributed by atoms with van der Waals surface area (Å²) in [5.41, 5.74) is 3.00. The average molecular weight is 259 g/mol. The standard InChI is InChI=1S/C15H18FN3/c1-3-13-10(2)15-17-9-8-14(19(15)18-13)11-6-4-5-7-12(11)16/h4-7,14,17H,3,8-9H2,1-2H3. The monoisotopic (exact) mass is 259 g/mol. The van der Waals surface area contributed by atoms with Crippen LogP contribution >= 0.6 is 0 Å². The molecule has 0 saturated heterocycles. The van der Waals surface area contributed by atoms with E-state index in [9.17, 15) is 4.39 Å². The minimum atomic E-state index is -0.147. The Bertz CT molecular complexity index is 603. The number of anilines is 1. The van der Waals surface area contributed by atoms with Crippen molar-refractivity contribution in [3.63, 3.8) is 0 Å². The Morgan fingerprint density at radius 3 is 2.95 bits per heavy atom. The van der Waals surface area contributed by atoms with Crippen molar-refractivity contribution < 1.29 is 4.39 Å². The van der Waals surface area contributed by atoms with E-state index in [2.05, 4.69) is 24.3 Å². The highest BCUT2D eigenvalue weighted by Gasteiger charge is 2.26. The maximum absolute atomic E-state index is 14.0. The van der Waals surface area contributed by atoms with Gasteiger partial charge in [0.15, 0.2) is 0 Å². The number of fused-ring (bicyclic) bond motifs is 1. The van der Waals surface area contributed by atoms with Crippen molar-refractivity contribution in [2.75, 3.05) is 11.9 Å². The van der Waals surface area contributed by atoms with E-state index in [1.165, 1.54) is 11.6 Å². The van der Waals surface area contributed by atoms with Gasteiger partial charge in [-0.2, -0.15) is 5.10 Å². The molecular formula is C15H18FN3. The van der Waals surface area contributed by atoms with Crippen molar-refractivity contribution in [1.29, 1.82) is 0 Å². The van der Waals surface area contributed by atoms with Crippen LogP contribution in [0.15, 0.2) is 24.3 Å². The van der Waals surface area contributed by atoms with E-state index in [4.69, 9.17) is 0 Å². The van der Waals surface area contributed by atoms with Gasteiger partial charge in [0.2, 0.25) is 0 Å². The molecule has 0 fully saturated rings. The van der Waals surface area contributed by atoms with Crippen molar-refractivity contribution in [2.24, 2.45) is 0 Å².